The molecule has 0 radical (unpaired) electrons. The summed E-state index contributed by atoms with van der Waals surface area (Å²) in [6.45, 7) is 12.3. The topological polar surface area (TPSA) is 107 Å². The second-order valence-electron chi connectivity index (χ2n) is 10.2. The molecule has 0 aromatic heterocycles. The predicted octanol–water partition coefficient (Wildman–Crippen LogP) is 1.75. The zero-order valence-corrected chi connectivity index (χ0v) is 28.8. The third-order valence-corrected chi connectivity index (χ3v) is 6.84. The molecule has 7 heteroatoms. The van der Waals surface area contributed by atoms with Gasteiger partial charge in [-0.25, -0.2) is 0 Å². The summed E-state index contributed by atoms with van der Waals surface area (Å²) in [6.07, 6.45) is 19.3. The van der Waals surface area contributed by atoms with Crippen LogP contribution in [0.25, 0.3) is 0 Å². The molecule has 0 aliphatic heterocycles. The molecule has 0 aromatic rings. The van der Waals surface area contributed by atoms with Crippen molar-refractivity contribution >= 4 is 11.9 Å². The normalized spacial score (nSPS) is 13.4. The van der Waals surface area contributed by atoms with Crippen LogP contribution in [-0.4, -0.2) is 22.5 Å². The van der Waals surface area contributed by atoms with E-state index >= 15 is 0 Å². The van der Waals surface area contributed by atoms with Gasteiger partial charge in [0, 0.05) is 11.4 Å². The number of carboxylic acids is 2. The van der Waals surface area contributed by atoms with Crippen molar-refractivity contribution in [2.45, 2.75) is 157 Å². The summed E-state index contributed by atoms with van der Waals surface area (Å²) >= 11 is 0. The van der Waals surface area contributed by atoms with E-state index in [0.29, 0.717) is 0 Å². The van der Waals surface area contributed by atoms with E-state index in [1.54, 1.807) is 0 Å². The molecule has 0 aliphatic rings. The molecule has 0 bridgehead atoms. The van der Waals surface area contributed by atoms with Crippen molar-refractivity contribution in [1.82, 2.24) is 0 Å². The fraction of sp³-hybridized carbons (Fsp3) is 0.929. The van der Waals surface area contributed by atoms with E-state index in [0.717, 1.165) is 70.6 Å². The summed E-state index contributed by atoms with van der Waals surface area (Å²) in [4.78, 5) is 22.4. The van der Waals surface area contributed by atoms with Crippen LogP contribution in [0.4, 0.5) is 0 Å². The van der Waals surface area contributed by atoms with Gasteiger partial charge in [-0.3, -0.25) is 4.79 Å². The molecule has 0 fully saturated rings. The molecule has 0 spiro atoms. The van der Waals surface area contributed by atoms with Gasteiger partial charge in [0.1, 0.15) is 0 Å². The first kappa shape index (κ1) is 45.8. The maximum atomic E-state index is 11.2. The van der Waals surface area contributed by atoms with E-state index in [1.165, 1.54) is 44.9 Å². The Morgan fingerprint density at radius 2 is 0.857 bits per heavy atom. The van der Waals surface area contributed by atoms with Crippen LogP contribution in [0.3, 0.4) is 0 Å². The number of unbranched alkanes of at least 4 members (excludes halogenated alkanes) is 10. The van der Waals surface area contributed by atoms with E-state index in [4.69, 9.17) is 0 Å². The van der Waals surface area contributed by atoms with Crippen molar-refractivity contribution in [1.29, 1.82) is 0 Å². The first-order chi connectivity index (χ1) is 15.1. The molecule has 2 atom stereocenters. The van der Waals surface area contributed by atoms with E-state index in [2.05, 4.69) is 27.7 Å². The average molecular weight is 519 g/mol. The van der Waals surface area contributed by atoms with E-state index < -0.39 is 22.8 Å². The second-order valence-corrected chi connectivity index (χ2v) is 10.2. The van der Waals surface area contributed by atoms with Crippen LogP contribution in [-0.2, 0) is 9.59 Å². The molecule has 200 valence electrons. The van der Waals surface area contributed by atoms with Crippen LogP contribution in [0.2, 0.25) is 0 Å². The van der Waals surface area contributed by atoms with Crippen molar-refractivity contribution in [3.05, 3.63) is 0 Å². The summed E-state index contributed by atoms with van der Waals surface area (Å²) in [5, 5.41) is 20.4. The van der Waals surface area contributed by atoms with Crippen LogP contribution < -0.4 is 64.2 Å². The molecule has 0 heterocycles. The second kappa shape index (κ2) is 29.5. The van der Waals surface area contributed by atoms with Gasteiger partial charge in [-0.15, -0.1) is 0 Å². The molecule has 5 nitrogen and oxygen atoms in total. The first-order valence-electron chi connectivity index (χ1n) is 13.6. The number of carboxylic acid groups (broad SMARTS) is 2. The molecule has 0 saturated heterocycles. The minimum absolute atomic E-state index is 0. The van der Waals surface area contributed by atoms with Crippen LogP contribution in [0, 0.1) is 10.8 Å². The zero-order chi connectivity index (χ0) is 24.9. The minimum Gasteiger partial charge on any atom is -0.870 e. The first-order valence-corrected chi connectivity index (χ1v) is 13.6. The van der Waals surface area contributed by atoms with Gasteiger partial charge in [0.2, 0.25) is 0 Å². The molecule has 0 aliphatic carbocycles. The quantitative estimate of drug-likeness (QED) is 0.195. The smallest absolute Gasteiger partial charge is 0.870 e. The Morgan fingerprint density at radius 3 is 1.17 bits per heavy atom. The fourth-order valence-corrected chi connectivity index (χ4v) is 4.04. The number of hydrogen-bond donors (Lipinski definition) is 1. The van der Waals surface area contributed by atoms with Gasteiger partial charge >= 0.3 is 65.1 Å². The SMILES string of the molecule is CCCCCCCC(C)(CCCC)C(=O)O.CCCCCCCC(C)(CCCC)C(=O)[O-].[Na+].[Na+].[OH-]. The molecule has 0 saturated carbocycles. The Kier molecular flexibility index (Phi) is 38.5. The maximum Gasteiger partial charge on any atom is 1.00 e. The summed E-state index contributed by atoms with van der Waals surface area (Å²) in [7, 11) is 0. The Bertz CT molecular complexity index is 434. The largest absolute Gasteiger partial charge is 1.00 e. The van der Waals surface area contributed by atoms with Crippen LogP contribution in [0.5, 0.6) is 0 Å². The van der Waals surface area contributed by atoms with Crippen LogP contribution in [0.1, 0.15) is 157 Å². The Hall–Kier alpha value is 0.900. The van der Waals surface area contributed by atoms with E-state index in [1.807, 2.05) is 13.8 Å². The molecular formula is C28H56Na2O5. The summed E-state index contributed by atoms with van der Waals surface area (Å²) in [5.41, 5.74) is -1.08. The third kappa shape index (κ3) is 25.0. The Morgan fingerprint density at radius 1 is 0.571 bits per heavy atom. The van der Waals surface area contributed by atoms with Gasteiger partial charge in [-0.2, -0.15) is 0 Å². The third-order valence-electron chi connectivity index (χ3n) is 6.84. The van der Waals surface area contributed by atoms with Gasteiger partial charge in [0.05, 0.1) is 5.41 Å². The summed E-state index contributed by atoms with van der Waals surface area (Å²) in [5.74, 6) is -1.48. The summed E-state index contributed by atoms with van der Waals surface area (Å²) in [6, 6.07) is 0. The van der Waals surface area contributed by atoms with Crippen molar-refractivity contribution in [2.75, 3.05) is 0 Å². The van der Waals surface area contributed by atoms with E-state index in [9.17, 15) is 19.8 Å². The minimum atomic E-state index is -0.864. The Balaban J connectivity index is -0.000000158. The standard InChI is InChI=1S/2C14H28O2.2Na.H2O/c2*1-4-6-8-9-10-12-14(3,13(15)16)11-7-5-2;;;/h2*4-12H2,1-3H3,(H,15,16);;;1H2/q;;2*+1;/p-2. The van der Waals surface area contributed by atoms with Gasteiger partial charge in [-0.05, 0) is 32.6 Å². The number of hydrogen-bond acceptors (Lipinski definition) is 4. The van der Waals surface area contributed by atoms with Crippen LogP contribution in [0.15, 0.2) is 0 Å². The molecule has 0 amide bonds. The van der Waals surface area contributed by atoms with Crippen LogP contribution >= 0.6 is 0 Å². The molecular weight excluding hydrogens is 462 g/mol. The summed E-state index contributed by atoms with van der Waals surface area (Å²) < 4.78 is 0. The molecule has 35 heavy (non-hydrogen) atoms. The molecule has 0 rings (SSSR count). The number of rotatable bonds is 20. The predicted molar refractivity (Wildman–Crippen MR) is 137 cm³/mol. The number of carbonyl (C=O) groups is 2. The molecule has 2 N–H and O–H groups in total. The fourth-order valence-electron chi connectivity index (χ4n) is 4.04. The van der Waals surface area contributed by atoms with Gasteiger partial charge in [0.25, 0.3) is 0 Å². The van der Waals surface area contributed by atoms with Crippen molar-refractivity contribution in [3.8, 4) is 0 Å². The Labute approximate surface area is 262 Å². The number of carbonyl (C=O) groups excluding carboxylic acids is 1. The van der Waals surface area contributed by atoms with Crippen molar-refractivity contribution in [3.63, 3.8) is 0 Å². The number of aliphatic carboxylic acids is 2. The zero-order valence-electron chi connectivity index (χ0n) is 24.8. The van der Waals surface area contributed by atoms with Crippen molar-refractivity contribution < 1.29 is 84.4 Å². The van der Waals surface area contributed by atoms with Gasteiger partial charge in [-0.1, -0.05) is 125 Å². The van der Waals surface area contributed by atoms with Gasteiger partial charge < -0.3 is 20.5 Å². The van der Waals surface area contributed by atoms with Gasteiger partial charge in [0.15, 0.2) is 0 Å². The molecule has 0 aromatic carbocycles. The molecule has 2 unspecified atom stereocenters. The monoisotopic (exact) mass is 518 g/mol. The van der Waals surface area contributed by atoms with E-state index in [-0.39, 0.29) is 64.6 Å². The van der Waals surface area contributed by atoms with Crippen molar-refractivity contribution in [2.24, 2.45) is 10.8 Å². The average Bonchev–Trinajstić information content (AvgIpc) is 2.76. The maximum absolute atomic E-state index is 11.2.